The van der Waals surface area contributed by atoms with Gasteiger partial charge in [-0.2, -0.15) is 5.26 Å². The summed E-state index contributed by atoms with van der Waals surface area (Å²) in [4.78, 5) is 10.4. The number of benzene rings is 7. The van der Waals surface area contributed by atoms with Crippen molar-refractivity contribution < 1.29 is 4.42 Å². The third kappa shape index (κ3) is 4.86. The van der Waals surface area contributed by atoms with Crippen LogP contribution in [0.5, 0.6) is 0 Å². The normalized spacial score (nSPS) is 11.4. The molecule has 0 spiro atoms. The zero-order valence-electron chi connectivity index (χ0n) is 27.9. The number of nitrogens with zero attached hydrogens (tertiary/aromatic N) is 4. The maximum atomic E-state index is 9.57. The Kier molecular flexibility index (Phi) is 6.80. The number of para-hydroxylation sites is 2. The lowest BCUT2D eigenvalue weighted by molar-refractivity contribution is 0.669. The fourth-order valence-electron chi connectivity index (χ4n) is 7.40. The molecular weight excluding hydrogens is 637 g/mol. The van der Waals surface area contributed by atoms with E-state index in [1.807, 2.05) is 72.8 Å². The maximum absolute atomic E-state index is 9.57. The molecule has 7 aromatic carbocycles. The summed E-state index contributed by atoms with van der Waals surface area (Å²) in [7, 11) is 0. The first kappa shape index (κ1) is 29.6. The Labute approximate surface area is 299 Å². The van der Waals surface area contributed by atoms with E-state index < -0.39 is 0 Å². The van der Waals surface area contributed by atoms with E-state index in [1.54, 1.807) is 0 Å². The quantitative estimate of drug-likeness (QED) is 0.184. The molecule has 0 aliphatic heterocycles. The van der Waals surface area contributed by atoms with Gasteiger partial charge in [0, 0.05) is 38.5 Å². The van der Waals surface area contributed by atoms with Crippen molar-refractivity contribution in [1.29, 1.82) is 5.26 Å². The minimum atomic E-state index is 0.614. The second-order valence-corrected chi connectivity index (χ2v) is 12.9. The molecule has 0 fully saturated rings. The van der Waals surface area contributed by atoms with Crippen LogP contribution in [0.1, 0.15) is 5.56 Å². The van der Waals surface area contributed by atoms with Gasteiger partial charge in [0.15, 0.2) is 5.82 Å². The first-order valence-corrected chi connectivity index (χ1v) is 17.2. The zero-order valence-corrected chi connectivity index (χ0v) is 27.9. The molecular formula is C47H28N4O. The van der Waals surface area contributed by atoms with E-state index in [-0.39, 0.29) is 0 Å². The molecule has 3 aromatic heterocycles. The van der Waals surface area contributed by atoms with Gasteiger partial charge < -0.3 is 8.98 Å². The monoisotopic (exact) mass is 664 g/mol. The van der Waals surface area contributed by atoms with Crippen molar-refractivity contribution in [3.05, 3.63) is 175 Å². The maximum Gasteiger partial charge on any atom is 0.160 e. The number of hydrogen-bond donors (Lipinski definition) is 0. The van der Waals surface area contributed by atoms with Crippen LogP contribution in [0, 0.1) is 11.3 Å². The summed E-state index contributed by atoms with van der Waals surface area (Å²) in [5.41, 5.74) is 12.0. The molecule has 3 heterocycles. The van der Waals surface area contributed by atoms with Crippen LogP contribution in [-0.2, 0) is 0 Å². The van der Waals surface area contributed by atoms with Crippen LogP contribution in [0.2, 0.25) is 0 Å². The Balaban J connectivity index is 1.30. The second-order valence-electron chi connectivity index (χ2n) is 12.9. The molecule has 10 aromatic rings. The molecule has 0 aliphatic rings. The number of rotatable bonds is 5. The highest BCUT2D eigenvalue weighted by atomic mass is 16.3. The SMILES string of the molecule is N#Cc1ccc(-c2cc(-c3nc(-c4ccccc4)cc(-c4ccccc4)n3)cc(-n3c4ccccc4c4ccc5oc6ccccc6c5c43)c2)cc1. The molecule has 0 amide bonds. The Bertz CT molecular complexity index is 2950. The fourth-order valence-corrected chi connectivity index (χ4v) is 7.40. The highest BCUT2D eigenvalue weighted by Crippen LogP contribution is 2.42. The molecule has 0 aliphatic carbocycles. The van der Waals surface area contributed by atoms with Gasteiger partial charge in [0.25, 0.3) is 0 Å². The minimum absolute atomic E-state index is 0.614. The van der Waals surface area contributed by atoms with Crippen molar-refractivity contribution in [1.82, 2.24) is 14.5 Å². The topological polar surface area (TPSA) is 67.6 Å². The Hall–Kier alpha value is -7.29. The van der Waals surface area contributed by atoms with Crippen LogP contribution in [-0.4, -0.2) is 14.5 Å². The Morgan fingerprint density at radius 2 is 1.12 bits per heavy atom. The van der Waals surface area contributed by atoms with Gasteiger partial charge in [0.05, 0.1) is 39.4 Å². The van der Waals surface area contributed by atoms with Crippen LogP contribution < -0.4 is 0 Å². The van der Waals surface area contributed by atoms with E-state index in [1.165, 1.54) is 0 Å². The average molecular weight is 665 g/mol. The van der Waals surface area contributed by atoms with Crippen LogP contribution >= 0.6 is 0 Å². The van der Waals surface area contributed by atoms with Crippen molar-refractivity contribution in [2.45, 2.75) is 0 Å². The van der Waals surface area contributed by atoms with Gasteiger partial charge in [-0.1, -0.05) is 109 Å². The van der Waals surface area contributed by atoms with Crippen molar-refractivity contribution in [3.8, 4) is 56.8 Å². The summed E-state index contributed by atoms with van der Waals surface area (Å²) in [6.07, 6.45) is 0. The van der Waals surface area contributed by atoms with Crippen LogP contribution in [0.3, 0.4) is 0 Å². The predicted molar refractivity (Wildman–Crippen MR) is 210 cm³/mol. The van der Waals surface area contributed by atoms with E-state index in [4.69, 9.17) is 14.4 Å². The summed E-state index contributed by atoms with van der Waals surface area (Å²) in [6, 6.07) is 60.2. The van der Waals surface area contributed by atoms with Crippen molar-refractivity contribution in [2.24, 2.45) is 0 Å². The Morgan fingerprint density at radius 1 is 0.481 bits per heavy atom. The van der Waals surface area contributed by atoms with Gasteiger partial charge in [-0.25, -0.2) is 9.97 Å². The molecule has 10 rings (SSSR count). The average Bonchev–Trinajstić information content (AvgIpc) is 3.77. The predicted octanol–water partition coefficient (Wildman–Crippen LogP) is 12.0. The molecule has 0 saturated carbocycles. The Morgan fingerprint density at radius 3 is 1.83 bits per heavy atom. The lowest BCUT2D eigenvalue weighted by atomic mass is 9.99. The lowest BCUT2D eigenvalue weighted by Crippen LogP contribution is -1.99. The largest absolute Gasteiger partial charge is 0.456 e. The second kappa shape index (κ2) is 11.9. The van der Waals surface area contributed by atoms with E-state index in [9.17, 15) is 5.26 Å². The van der Waals surface area contributed by atoms with Crippen LogP contribution in [0.4, 0.5) is 0 Å². The van der Waals surface area contributed by atoms with E-state index in [0.29, 0.717) is 11.4 Å². The van der Waals surface area contributed by atoms with E-state index in [2.05, 4.69) is 108 Å². The number of nitriles is 1. The van der Waals surface area contributed by atoms with Crippen molar-refractivity contribution >= 4 is 43.7 Å². The number of hydrogen-bond acceptors (Lipinski definition) is 4. The first-order chi connectivity index (χ1) is 25.7. The fraction of sp³-hybridized carbons (Fsp3) is 0. The molecule has 242 valence electrons. The van der Waals surface area contributed by atoms with E-state index in [0.717, 1.165) is 88.6 Å². The summed E-state index contributed by atoms with van der Waals surface area (Å²) < 4.78 is 8.76. The highest BCUT2D eigenvalue weighted by Gasteiger charge is 2.21. The summed E-state index contributed by atoms with van der Waals surface area (Å²) >= 11 is 0. The highest BCUT2D eigenvalue weighted by molar-refractivity contribution is 6.24. The number of aromatic nitrogens is 3. The number of fused-ring (bicyclic) bond motifs is 7. The van der Waals surface area contributed by atoms with Gasteiger partial charge in [-0.3, -0.25) is 0 Å². The molecule has 5 heteroatoms. The number of furan rings is 1. The smallest absolute Gasteiger partial charge is 0.160 e. The molecule has 0 unspecified atom stereocenters. The molecule has 52 heavy (non-hydrogen) atoms. The molecule has 0 radical (unpaired) electrons. The molecule has 0 bridgehead atoms. The molecule has 0 N–H and O–H groups in total. The third-order valence-corrected chi connectivity index (χ3v) is 9.82. The van der Waals surface area contributed by atoms with Gasteiger partial charge >= 0.3 is 0 Å². The van der Waals surface area contributed by atoms with Crippen molar-refractivity contribution in [3.63, 3.8) is 0 Å². The van der Waals surface area contributed by atoms with Gasteiger partial charge in [0.2, 0.25) is 0 Å². The van der Waals surface area contributed by atoms with Gasteiger partial charge in [0.1, 0.15) is 11.2 Å². The standard InChI is InChI=1S/C47H28N4O/c48-29-30-19-21-31(22-20-30)34-25-35(47-49-40(32-11-3-1-4-12-32)28-41(50-47)33-13-5-2-6-14-33)27-36(26-34)51-42-17-9-7-15-37(42)38-23-24-44-45(46(38)51)39-16-8-10-18-43(39)52-44/h1-28H. The summed E-state index contributed by atoms with van der Waals surface area (Å²) in [6.45, 7) is 0. The lowest BCUT2D eigenvalue weighted by Gasteiger charge is -2.15. The van der Waals surface area contributed by atoms with Gasteiger partial charge in [-0.15, -0.1) is 0 Å². The van der Waals surface area contributed by atoms with Crippen LogP contribution in [0.15, 0.2) is 174 Å². The molecule has 0 atom stereocenters. The minimum Gasteiger partial charge on any atom is -0.456 e. The summed E-state index contributed by atoms with van der Waals surface area (Å²) in [5, 5.41) is 14.0. The van der Waals surface area contributed by atoms with E-state index >= 15 is 0 Å². The zero-order chi connectivity index (χ0) is 34.6. The first-order valence-electron chi connectivity index (χ1n) is 17.2. The molecule has 5 nitrogen and oxygen atoms in total. The molecule has 0 saturated heterocycles. The van der Waals surface area contributed by atoms with Gasteiger partial charge in [-0.05, 0) is 71.8 Å². The van der Waals surface area contributed by atoms with Crippen molar-refractivity contribution in [2.75, 3.05) is 0 Å². The van der Waals surface area contributed by atoms with Crippen LogP contribution in [0.25, 0.3) is 94.5 Å². The third-order valence-electron chi connectivity index (χ3n) is 9.82. The summed E-state index contributed by atoms with van der Waals surface area (Å²) in [5.74, 6) is 0.622.